The van der Waals surface area contributed by atoms with Crippen LogP contribution in [0.3, 0.4) is 0 Å². The fourth-order valence-corrected chi connectivity index (χ4v) is 1.20. The molecule has 0 rings (SSSR count). The summed E-state index contributed by atoms with van der Waals surface area (Å²) in [5, 5.41) is 7.92. The van der Waals surface area contributed by atoms with Gasteiger partial charge in [0, 0.05) is 39.3 Å². The monoisotopic (exact) mass is 187 g/mol. The molecule has 0 aromatic heterocycles. The zero-order valence-electron chi connectivity index (χ0n) is 10.0. The van der Waals surface area contributed by atoms with Gasteiger partial charge in [0.2, 0.25) is 0 Å². The Morgan fingerprint density at radius 1 is 1.15 bits per heavy atom. The summed E-state index contributed by atoms with van der Waals surface area (Å²) in [4.78, 5) is 0. The van der Waals surface area contributed by atoms with Gasteiger partial charge in [0.05, 0.1) is 0 Å². The van der Waals surface area contributed by atoms with Crippen LogP contribution in [0.4, 0.5) is 0 Å². The largest absolute Gasteiger partial charge is 0.311 e. The van der Waals surface area contributed by atoms with Gasteiger partial charge in [-0.1, -0.05) is 6.92 Å². The molecule has 0 radical (unpaired) electrons. The van der Waals surface area contributed by atoms with Crippen LogP contribution in [0.2, 0.25) is 0 Å². The lowest BCUT2D eigenvalue weighted by molar-refractivity contribution is 0.0308. The van der Waals surface area contributed by atoms with E-state index in [9.17, 15) is 0 Å². The van der Waals surface area contributed by atoms with E-state index >= 15 is 0 Å². The Kier molecular flexibility index (Phi) is 5.53. The van der Waals surface area contributed by atoms with Gasteiger partial charge in [-0.05, 0) is 20.8 Å². The van der Waals surface area contributed by atoms with E-state index in [-0.39, 0.29) is 5.54 Å². The average Bonchev–Trinajstić information content (AvgIpc) is 1.95. The van der Waals surface area contributed by atoms with E-state index in [1.54, 1.807) is 0 Å². The maximum atomic E-state index is 3.47. The first-order valence-corrected chi connectivity index (χ1v) is 5.04. The van der Waals surface area contributed by atoms with Crippen molar-refractivity contribution in [2.24, 2.45) is 0 Å². The Hall–Kier alpha value is -0.120. The molecule has 0 aromatic rings. The van der Waals surface area contributed by atoms with Gasteiger partial charge in [0.1, 0.15) is 0 Å². The molecule has 0 saturated carbocycles. The Morgan fingerprint density at radius 2 is 1.69 bits per heavy atom. The molecule has 0 fully saturated rings. The third kappa shape index (κ3) is 6.99. The fraction of sp³-hybridized carbons (Fsp3) is 1.00. The SMILES string of the molecule is CCN(CCNC(C)(C)C)N(C)C. The van der Waals surface area contributed by atoms with E-state index < -0.39 is 0 Å². The van der Waals surface area contributed by atoms with Crippen molar-refractivity contribution in [1.29, 1.82) is 0 Å². The molecule has 0 aliphatic rings. The van der Waals surface area contributed by atoms with Crippen LogP contribution >= 0.6 is 0 Å². The van der Waals surface area contributed by atoms with Crippen LogP contribution in [0, 0.1) is 0 Å². The molecule has 0 atom stereocenters. The van der Waals surface area contributed by atoms with Crippen LogP contribution in [-0.4, -0.2) is 49.3 Å². The number of likely N-dealkylation sites (N-methyl/N-ethyl adjacent to an activating group) is 1. The van der Waals surface area contributed by atoms with Crippen molar-refractivity contribution in [3.05, 3.63) is 0 Å². The lowest BCUT2D eigenvalue weighted by atomic mass is 10.1. The Balaban J connectivity index is 3.62. The van der Waals surface area contributed by atoms with E-state index in [4.69, 9.17) is 0 Å². The number of hydrogen-bond acceptors (Lipinski definition) is 3. The second-order valence-corrected chi connectivity index (χ2v) is 4.57. The van der Waals surface area contributed by atoms with E-state index in [0.717, 1.165) is 19.6 Å². The number of rotatable bonds is 5. The quantitative estimate of drug-likeness (QED) is 0.652. The van der Waals surface area contributed by atoms with Gasteiger partial charge in [0.15, 0.2) is 0 Å². The molecule has 0 bridgehead atoms. The molecule has 0 amide bonds. The minimum atomic E-state index is 0.228. The summed E-state index contributed by atoms with van der Waals surface area (Å²) in [6.07, 6.45) is 0. The Labute approximate surface area is 83.1 Å². The summed E-state index contributed by atoms with van der Waals surface area (Å²) < 4.78 is 0. The molecule has 80 valence electrons. The molecule has 0 aromatic carbocycles. The highest BCUT2D eigenvalue weighted by Crippen LogP contribution is 1.98. The zero-order valence-corrected chi connectivity index (χ0v) is 10.0. The summed E-state index contributed by atoms with van der Waals surface area (Å²) in [5.41, 5.74) is 0.228. The minimum Gasteiger partial charge on any atom is -0.311 e. The highest BCUT2D eigenvalue weighted by molar-refractivity contribution is 4.70. The molecule has 3 nitrogen and oxygen atoms in total. The fourth-order valence-electron chi connectivity index (χ4n) is 1.20. The van der Waals surface area contributed by atoms with Crippen LogP contribution < -0.4 is 5.32 Å². The van der Waals surface area contributed by atoms with Crippen molar-refractivity contribution >= 4 is 0 Å². The molecular formula is C10H25N3. The number of nitrogens with one attached hydrogen (secondary N) is 1. The second-order valence-electron chi connectivity index (χ2n) is 4.57. The van der Waals surface area contributed by atoms with Crippen molar-refractivity contribution in [2.45, 2.75) is 33.2 Å². The topological polar surface area (TPSA) is 18.5 Å². The second kappa shape index (κ2) is 5.58. The zero-order chi connectivity index (χ0) is 10.5. The van der Waals surface area contributed by atoms with Gasteiger partial charge in [-0.3, -0.25) is 0 Å². The number of hydrogen-bond donors (Lipinski definition) is 1. The predicted molar refractivity (Wildman–Crippen MR) is 58.7 cm³/mol. The summed E-state index contributed by atoms with van der Waals surface area (Å²) >= 11 is 0. The molecule has 0 spiro atoms. The van der Waals surface area contributed by atoms with Gasteiger partial charge in [-0.2, -0.15) is 0 Å². The molecule has 1 N–H and O–H groups in total. The smallest absolute Gasteiger partial charge is 0.0258 e. The lowest BCUT2D eigenvalue weighted by Gasteiger charge is -2.29. The van der Waals surface area contributed by atoms with Crippen molar-refractivity contribution < 1.29 is 0 Å². The van der Waals surface area contributed by atoms with Crippen LogP contribution in [0.25, 0.3) is 0 Å². The molecule has 0 unspecified atom stereocenters. The van der Waals surface area contributed by atoms with Crippen LogP contribution in [0.5, 0.6) is 0 Å². The average molecular weight is 187 g/mol. The summed E-state index contributed by atoms with van der Waals surface area (Å²) in [5.74, 6) is 0. The third-order valence-electron chi connectivity index (χ3n) is 1.96. The predicted octanol–water partition coefficient (Wildman–Crippen LogP) is 1.17. The highest BCUT2D eigenvalue weighted by Gasteiger charge is 2.09. The standard InChI is InChI=1S/C10H25N3/c1-7-13(12(5)6)9-8-11-10(2,3)4/h11H,7-9H2,1-6H3. The van der Waals surface area contributed by atoms with Crippen molar-refractivity contribution in [3.8, 4) is 0 Å². The number of nitrogens with zero attached hydrogens (tertiary/aromatic N) is 2. The van der Waals surface area contributed by atoms with Gasteiger partial charge < -0.3 is 5.32 Å². The molecule has 13 heavy (non-hydrogen) atoms. The Bertz CT molecular complexity index is 127. The summed E-state index contributed by atoms with van der Waals surface area (Å²) in [7, 11) is 4.17. The molecular weight excluding hydrogens is 162 g/mol. The maximum Gasteiger partial charge on any atom is 0.0258 e. The first-order valence-electron chi connectivity index (χ1n) is 5.04. The molecule has 0 aliphatic carbocycles. The Morgan fingerprint density at radius 3 is 2.00 bits per heavy atom. The van der Waals surface area contributed by atoms with E-state index in [2.05, 4.69) is 57.1 Å². The molecule has 0 heterocycles. The van der Waals surface area contributed by atoms with Crippen molar-refractivity contribution in [3.63, 3.8) is 0 Å². The lowest BCUT2D eigenvalue weighted by Crippen LogP contribution is -2.45. The molecule has 0 aliphatic heterocycles. The van der Waals surface area contributed by atoms with Crippen molar-refractivity contribution in [2.75, 3.05) is 33.7 Å². The maximum absolute atomic E-state index is 3.47. The first kappa shape index (κ1) is 12.9. The first-order chi connectivity index (χ1) is 5.87. The van der Waals surface area contributed by atoms with Gasteiger partial charge in [-0.15, -0.1) is 0 Å². The molecule has 0 saturated heterocycles. The highest BCUT2D eigenvalue weighted by atomic mass is 15.6. The van der Waals surface area contributed by atoms with Gasteiger partial charge in [-0.25, -0.2) is 10.0 Å². The van der Waals surface area contributed by atoms with Crippen LogP contribution in [0.1, 0.15) is 27.7 Å². The van der Waals surface area contributed by atoms with Gasteiger partial charge in [0.25, 0.3) is 0 Å². The molecule has 3 heteroatoms. The van der Waals surface area contributed by atoms with E-state index in [0.29, 0.717) is 0 Å². The van der Waals surface area contributed by atoms with Crippen molar-refractivity contribution in [1.82, 2.24) is 15.3 Å². The van der Waals surface area contributed by atoms with E-state index in [1.165, 1.54) is 0 Å². The summed E-state index contributed by atoms with van der Waals surface area (Å²) in [6.45, 7) is 11.9. The third-order valence-corrected chi connectivity index (χ3v) is 1.96. The number of hydrazine groups is 1. The van der Waals surface area contributed by atoms with Gasteiger partial charge >= 0.3 is 0 Å². The van der Waals surface area contributed by atoms with E-state index in [1.807, 2.05) is 0 Å². The summed E-state index contributed by atoms with van der Waals surface area (Å²) in [6, 6.07) is 0. The normalized spacial score (nSPS) is 12.9. The minimum absolute atomic E-state index is 0.228. The van der Waals surface area contributed by atoms with Crippen LogP contribution in [-0.2, 0) is 0 Å². The van der Waals surface area contributed by atoms with Crippen LogP contribution in [0.15, 0.2) is 0 Å².